The van der Waals surface area contributed by atoms with Crippen LogP contribution in [0.1, 0.15) is 342 Å². The first-order valence-electron chi connectivity index (χ1n) is 34.1. The van der Waals surface area contributed by atoms with Crippen molar-refractivity contribution < 1.29 is 28.6 Å². The Morgan fingerprint density at radius 1 is 0.266 bits per heavy atom. The molecule has 0 aromatic rings. The van der Waals surface area contributed by atoms with Crippen LogP contribution in [0, 0.1) is 0 Å². The van der Waals surface area contributed by atoms with Crippen LogP contribution >= 0.6 is 0 Å². The second-order valence-corrected chi connectivity index (χ2v) is 22.7. The largest absolute Gasteiger partial charge is 0.462 e. The summed E-state index contributed by atoms with van der Waals surface area (Å²) < 4.78 is 17.0. The number of ether oxygens (including phenoxy) is 3. The zero-order chi connectivity index (χ0) is 57.1. The molecule has 0 aromatic heterocycles. The highest BCUT2D eigenvalue weighted by molar-refractivity contribution is 5.71. The highest BCUT2D eigenvalue weighted by Crippen LogP contribution is 2.17. The van der Waals surface area contributed by atoms with Gasteiger partial charge in [0.1, 0.15) is 13.2 Å². The molecule has 0 heterocycles. The Labute approximate surface area is 490 Å². The third-order valence-corrected chi connectivity index (χ3v) is 14.9. The summed E-state index contributed by atoms with van der Waals surface area (Å²) in [6.07, 6.45) is 88.8. The lowest BCUT2D eigenvalue weighted by Gasteiger charge is -2.18. The van der Waals surface area contributed by atoms with Crippen LogP contribution in [-0.4, -0.2) is 37.2 Å². The van der Waals surface area contributed by atoms with Gasteiger partial charge < -0.3 is 14.2 Å². The molecule has 79 heavy (non-hydrogen) atoms. The van der Waals surface area contributed by atoms with Crippen molar-refractivity contribution in [1.29, 1.82) is 0 Å². The van der Waals surface area contributed by atoms with Crippen LogP contribution < -0.4 is 0 Å². The summed E-state index contributed by atoms with van der Waals surface area (Å²) in [6.45, 7) is 6.55. The van der Waals surface area contributed by atoms with Gasteiger partial charge in [0.05, 0.1) is 0 Å². The van der Waals surface area contributed by atoms with Crippen LogP contribution in [0.2, 0.25) is 0 Å². The van der Waals surface area contributed by atoms with Crippen molar-refractivity contribution >= 4 is 17.9 Å². The van der Waals surface area contributed by atoms with Gasteiger partial charge in [-0.3, -0.25) is 14.4 Å². The number of hydrogen-bond donors (Lipinski definition) is 0. The molecule has 0 fully saturated rings. The Morgan fingerprint density at radius 3 is 0.772 bits per heavy atom. The van der Waals surface area contributed by atoms with Crippen molar-refractivity contribution in [1.82, 2.24) is 0 Å². The second-order valence-electron chi connectivity index (χ2n) is 22.7. The van der Waals surface area contributed by atoms with Gasteiger partial charge in [-0.1, -0.05) is 311 Å². The van der Waals surface area contributed by atoms with Gasteiger partial charge in [-0.2, -0.15) is 0 Å². The Morgan fingerprint density at radius 2 is 0.494 bits per heavy atom. The van der Waals surface area contributed by atoms with E-state index in [1.807, 2.05) is 0 Å². The predicted molar refractivity (Wildman–Crippen MR) is 344 cm³/mol. The zero-order valence-electron chi connectivity index (χ0n) is 52.4. The van der Waals surface area contributed by atoms with Gasteiger partial charge >= 0.3 is 17.9 Å². The van der Waals surface area contributed by atoms with E-state index in [1.54, 1.807) is 0 Å². The van der Waals surface area contributed by atoms with E-state index >= 15 is 0 Å². The predicted octanol–water partition coefficient (Wildman–Crippen LogP) is 23.4. The summed E-state index contributed by atoms with van der Waals surface area (Å²) in [7, 11) is 0. The number of hydrogen-bond acceptors (Lipinski definition) is 6. The topological polar surface area (TPSA) is 78.9 Å². The SMILES string of the molecule is CC/C=C\C/C=C\C/C=C\C/C=C\CCCCCCCCCCC(=O)OC(COC(=O)CCCCCCCCCCCC/C=C\C/C=C\C/C=C\CCCCCCC)COC(=O)CCCCCCCCCCCCCCCCC. The number of carbonyl (C=O) groups is 3. The molecular weight excluding hydrogens is 973 g/mol. The summed E-state index contributed by atoms with van der Waals surface area (Å²) in [5, 5.41) is 0. The van der Waals surface area contributed by atoms with Gasteiger partial charge in [0.25, 0.3) is 0 Å². The molecule has 0 aromatic carbocycles. The standard InChI is InChI=1S/C73H128O6/c1-4-7-10-13-16-19-22-25-28-30-32-34-35-36-37-39-40-42-45-48-51-54-57-60-63-66-72(75)78-69-70(68-77-71(74)65-62-59-56-53-50-47-44-27-24-21-18-15-12-9-6-3)79-73(76)67-64-61-58-55-52-49-46-43-41-38-33-31-29-26-23-20-17-14-11-8-5-2/h8,11,17,20,22,25-26,29-30,32-33,35-36,38,70H,4-7,9-10,12-16,18-19,21,23-24,27-28,31,34,37,39-69H2,1-3H3/b11-8-,20-17-,25-22-,29-26-,32-30-,36-35-,38-33-. The highest BCUT2D eigenvalue weighted by Gasteiger charge is 2.19. The first-order chi connectivity index (χ1) is 39.0. The van der Waals surface area contributed by atoms with Crippen molar-refractivity contribution in [3.63, 3.8) is 0 Å². The normalized spacial score (nSPS) is 12.6. The summed E-state index contributed by atoms with van der Waals surface area (Å²) in [6, 6.07) is 0. The van der Waals surface area contributed by atoms with Crippen molar-refractivity contribution in [2.75, 3.05) is 13.2 Å². The minimum absolute atomic E-state index is 0.0778. The maximum atomic E-state index is 12.9. The summed E-state index contributed by atoms with van der Waals surface area (Å²) in [4.78, 5) is 38.4. The van der Waals surface area contributed by atoms with E-state index in [1.165, 1.54) is 199 Å². The molecule has 0 bridgehead atoms. The molecule has 0 spiro atoms. The fourth-order valence-electron chi connectivity index (χ4n) is 9.80. The van der Waals surface area contributed by atoms with E-state index in [2.05, 4.69) is 106 Å². The summed E-state index contributed by atoms with van der Waals surface area (Å²) in [5.74, 6) is -0.872. The number of rotatable bonds is 62. The minimum atomic E-state index is -0.783. The first kappa shape index (κ1) is 75.6. The van der Waals surface area contributed by atoms with E-state index in [9.17, 15) is 14.4 Å². The summed E-state index contributed by atoms with van der Waals surface area (Å²) in [5.41, 5.74) is 0. The molecule has 0 aliphatic carbocycles. The molecule has 0 aliphatic heterocycles. The van der Waals surface area contributed by atoms with Crippen molar-refractivity contribution in [2.45, 2.75) is 348 Å². The van der Waals surface area contributed by atoms with Crippen molar-refractivity contribution in [3.05, 3.63) is 85.1 Å². The van der Waals surface area contributed by atoms with Gasteiger partial charge in [-0.15, -0.1) is 0 Å². The van der Waals surface area contributed by atoms with Crippen LogP contribution in [0.5, 0.6) is 0 Å². The minimum Gasteiger partial charge on any atom is -0.462 e. The van der Waals surface area contributed by atoms with Crippen molar-refractivity contribution in [2.24, 2.45) is 0 Å². The molecule has 6 heteroatoms. The van der Waals surface area contributed by atoms with E-state index in [0.717, 1.165) is 103 Å². The third kappa shape index (κ3) is 65.3. The van der Waals surface area contributed by atoms with Crippen LogP contribution in [0.15, 0.2) is 85.1 Å². The first-order valence-corrected chi connectivity index (χ1v) is 34.1. The molecule has 0 amide bonds. The van der Waals surface area contributed by atoms with E-state index in [-0.39, 0.29) is 31.1 Å². The monoisotopic (exact) mass is 1100 g/mol. The van der Waals surface area contributed by atoms with Gasteiger partial charge in [0, 0.05) is 19.3 Å². The molecule has 0 rings (SSSR count). The van der Waals surface area contributed by atoms with Crippen LogP contribution in [0.4, 0.5) is 0 Å². The fraction of sp³-hybridized carbons (Fsp3) is 0.767. The number of unbranched alkanes of at least 4 members (excludes halogenated alkanes) is 37. The third-order valence-electron chi connectivity index (χ3n) is 14.9. The molecule has 0 saturated heterocycles. The van der Waals surface area contributed by atoms with E-state index in [4.69, 9.17) is 14.2 Å². The fourth-order valence-corrected chi connectivity index (χ4v) is 9.80. The number of carbonyl (C=O) groups excluding carboxylic acids is 3. The number of allylic oxidation sites excluding steroid dienone is 14. The Hall–Kier alpha value is -3.41. The Bertz CT molecular complexity index is 1500. The lowest BCUT2D eigenvalue weighted by molar-refractivity contribution is -0.167. The Kier molecular flexibility index (Phi) is 64.2. The van der Waals surface area contributed by atoms with Crippen LogP contribution in [0.25, 0.3) is 0 Å². The van der Waals surface area contributed by atoms with Crippen molar-refractivity contribution in [3.8, 4) is 0 Å². The maximum absolute atomic E-state index is 12.9. The van der Waals surface area contributed by atoms with Gasteiger partial charge in [0.15, 0.2) is 6.10 Å². The number of esters is 3. The molecule has 0 aliphatic rings. The molecule has 0 saturated carbocycles. The Balaban J connectivity index is 4.35. The smallest absolute Gasteiger partial charge is 0.306 e. The van der Waals surface area contributed by atoms with Gasteiger partial charge in [0.2, 0.25) is 0 Å². The second kappa shape index (κ2) is 67.1. The average Bonchev–Trinajstić information content (AvgIpc) is 3.45. The molecule has 0 N–H and O–H groups in total. The summed E-state index contributed by atoms with van der Waals surface area (Å²) >= 11 is 0. The lowest BCUT2D eigenvalue weighted by atomic mass is 10.0. The quantitative estimate of drug-likeness (QED) is 0.0261. The molecule has 1 unspecified atom stereocenters. The molecule has 456 valence electrons. The highest BCUT2D eigenvalue weighted by atomic mass is 16.6. The lowest BCUT2D eigenvalue weighted by Crippen LogP contribution is -2.30. The molecule has 6 nitrogen and oxygen atoms in total. The average molecular weight is 1100 g/mol. The van der Waals surface area contributed by atoms with Crippen LogP contribution in [0.3, 0.4) is 0 Å². The molecule has 0 radical (unpaired) electrons. The maximum Gasteiger partial charge on any atom is 0.306 e. The van der Waals surface area contributed by atoms with Gasteiger partial charge in [-0.25, -0.2) is 0 Å². The zero-order valence-corrected chi connectivity index (χ0v) is 52.4. The van der Waals surface area contributed by atoms with E-state index in [0.29, 0.717) is 19.3 Å². The molecule has 1 atom stereocenters. The molecular formula is C73H128O6. The van der Waals surface area contributed by atoms with Gasteiger partial charge in [-0.05, 0) is 96.3 Å². The van der Waals surface area contributed by atoms with E-state index < -0.39 is 6.10 Å². The van der Waals surface area contributed by atoms with Crippen LogP contribution in [-0.2, 0) is 28.6 Å².